The van der Waals surface area contributed by atoms with E-state index in [0.717, 1.165) is 36.3 Å². The summed E-state index contributed by atoms with van der Waals surface area (Å²) in [6.45, 7) is 3.44. The molecule has 0 aliphatic carbocycles. The van der Waals surface area contributed by atoms with Gasteiger partial charge in [0.05, 0.1) is 13.7 Å². The van der Waals surface area contributed by atoms with Crippen molar-refractivity contribution in [1.82, 2.24) is 5.32 Å². The lowest BCUT2D eigenvalue weighted by atomic mass is 10.1. The fraction of sp³-hybridized carbons (Fsp3) is 0.350. The molecule has 0 aliphatic rings. The van der Waals surface area contributed by atoms with Crippen molar-refractivity contribution in [2.75, 3.05) is 20.3 Å². The Bertz CT molecular complexity index is 620. The molecule has 4 nitrogen and oxygen atoms in total. The van der Waals surface area contributed by atoms with Crippen LogP contribution in [0.3, 0.4) is 0 Å². The third-order valence-electron chi connectivity index (χ3n) is 3.74. The second-order valence-electron chi connectivity index (χ2n) is 5.58. The minimum Gasteiger partial charge on any atom is -0.497 e. The summed E-state index contributed by atoms with van der Waals surface area (Å²) in [5.41, 5.74) is 1.81. The largest absolute Gasteiger partial charge is 0.497 e. The molecule has 1 N–H and O–H groups in total. The van der Waals surface area contributed by atoms with Crippen LogP contribution >= 0.6 is 0 Å². The molecule has 0 aromatic heterocycles. The second kappa shape index (κ2) is 9.60. The molecule has 2 rings (SSSR count). The summed E-state index contributed by atoms with van der Waals surface area (Å²) < 4.78 is 10.7. The van der Waals surface area contributed by atoms with Crippen molar-refractivity contribution < 1.29 is 14.3 Å². The van der Waals surface area contributed by atoms with Gasteiger partial charge in [0.15, 0.2) is 0 Å². The SMILES string of the molecule is CCCCOc1ccc(C(=O)NCCc2ccc(OC)cc2)cc1. The Labute approximate surface area is 143 Å². The fourth-order valence-corrected chi connectivity index (χ4v) is 2.25. The van der Waals surface area contributed by atoms with E-state index < -0.39 is 0 Å². The van der Waals surface area contributed by atoms with E-state index in [0.29, 0.717) is 18.7 Å². The van der Waals surface area contributed by atoms with Crippen LogP contribution < -0.4 is 14.8 Å². The molecule has 0 saturated carbocycles. The molecule has 0 aliphatic heterocycles. The molecule has 0 spiro atoms. The predicted octanol–water partition coefficient (Wildman–Crippen LogP) is 3.85. The van der Waals surface area contributed by atoms with Gasteiger partial charge < -0.3 is 14.8 Å². The van der Waals surface area contributed by atoms with Gasteiger partial charge >= 0.3 is 0 Å². The highest BCUT2D eigenvalue weighted by Crippen LogP contribution is 2.13. The summed E-state index contributed by atoms with van der Waals surface area (Å²) >= 11 is 0. The Morgan fingerprint density at radius 1 is 1.00 bits per heavy atom. The zero-order valence-electron chi connectivity index (χ0n) is 14.4. The maximum absolute atomic E-state index is 12.1. The lowest BCUT2D eigenvalue weighted by molar-refractivity contribution is 0.0954. The number of methoxy groups -OCH3 is 1. The van der Waals surface area contributed by atoms with Crippen molar-refractivity contribution in [2.24, 2.45) is 0 Å². The summed E-state index contributed by atoms with van der Waals surface area (Å²) in [5, 5.41) is 2.94. The third-order valence-corrected chi connectivity index (χ3v) is 3.74. The van der Waals surface area contributed by atoms with Crippen LogP contribution in [0.4, 0.5) is 0 Å². The fourth-order valence-electron chi connectivity index (χ4n) is 2.25. The van der Waals surface area contributed by atoms with Crippen LogP contribution in [0.5, 0.6) is 11.5 Å². The van der Waals surface area contributed by atoms with Gasteiger partial charge in [0.25, 0.3) is 5.91 Å². The molecule has 0 bridgehead atoms. The van der Waals surface area contributed by atoms with Gasteiger partial charge in [0.1, 0.15) is 11.5 Å². The maximum Gasteiger partial charge on any atom is 0.251 e. The summed E-state index contributed by atoms with van der Waals surface area (Å²) in [6, 6.07) is 15.1. The molecule has 0 fully saturated rings. The van der Waals surface area contributed by atoms with Crippen molar-refractivity contribution in [2.45, 2.75) is 26.2 Å². The number of hydrogen-bond donors (Lipinski definition) is 1. The number of amides is 1. The van der Waals surface area contributed by atoms with Gasteiger partial charge in [-0.3, -0.25) is 4.79 Å². The molecule has 0 unspecified atom stereocenters. The van der Waals surface area contributed by atoms with Gasteiger partial charge in [-0.05, 0) is 54.8 Å². The summed E-state index contributed by atoms with van der Waals surface area (Å²) in [5.74, 6) is 1.57. The highest BCUT2D eigenvalue weighted by Gasteiger charge is 2.05. The molecule has 0 heterocycles. The van der Waals surface area contributed by atoms with Gasteiger partial charge in [-0.15, -0.1) is 0 Å². The zero-order chi connectivity index (χ0) is 17.2. The Morgan fingerprint density at radius 2 is 1.67 bits per heavy atom. The Balaban J connectivity index is 1.77. The topological polar surface area (TPSA) is 47.6 Å². The summed E-state index contributed by atoms with van der Waals surface area (Å²) in [7, 11) is 1.65. The van der Waals surface area contributed by atoms with Crippen molar-refractivity contribution in [3.05, 3.63) is 59.7 Å². The highest BCUT2D eigenvalue weighted by atomic mass is 16.5. The van der Waals surface area contributed by atoms with Gasteiger partial charge in [-0.25, -0.2) is 0 Å². The van der Waals surface area contributed by atoms with Crippen LogP contribution in [-0.2, 0) is 6.42 Å². The van der Waals surface area contributed by atoms with Crippen molar-refractivity contribution in [3.63, 3.8) is 0 Å². The number of unbranched alkanes of at least 4 members (excludes halogenated alkanes) is 1. The molecule has 4 heteroatoms. The van der Waals surface area contributed by atoms with E-state index >= 15 is 0 Å². The minimum absolute atomic E-state index is 0.0661. The first kappa shape index (κ1) is 17.9. The van der Waals surface area contributed by atoms with Gasteiger partial charge in [-0.1, -0.05) is 25.5 Å². The van der Waals surface area contributed by atoms with E-state index in [-0.39, 0.29) is 5.91 Å². The number of hydrogen-bond acceptors (Lipinski definition) is 3. The van der Waals surface area contributed by atoms with Crippen LogP contribution in [0.2, 0.25) is 0 Å². The van der Waals surface area contributed by atoms with Crippen molar-refractivity contribution >= 4 is 5.91 Å². The molecule has 0 radical (unpaired) electrons. The number of benzene rings is 2. The van der Waals surface area contributed by atoms with Crippen molar-refractivity contribution in [3.8, 4) is 11.5 Å². The van der Waals surface area contributed by atoms with E-state index in [2.05, 4.69) is 12.2 Å². The third kappa shape index (κ3) is 5.61. The molecule has 0 saturated heterocycles. The number of rotatable bonds is 9. The van der Waals surface area contributed by atoms with E-state index in [1.165, 1.54) is 0 Å². The average molecular weight is 327 g/mol. The quantitative estimate of drug-likeness (QED) is 0.712. The number of carbonyl (C=O) groups is 1. The maximum atomic E-state index is 12.1. The second-order valence-corrected chi connectivity index (χ2v) is 5.58. The molecular formula is C20H25NO3. The summed E-state index contributed by atoms with van der Waals surface area (Å²) in [6.07, 6.45) is 2.93. The summed E-state index contributed by atoms with van der Waals surface area (Å²) in [4.78, 5) is 12.1. The van der Waals surface area contributed by atoms with Crippen LogP contribution in [0.25, 0.3) is 0 Å². The van der Waals surface area contributed by atoms with E-state index in [4.69, 9.17) is 9.47 Å². The van der Waals surface area contributed by atoms with Crippen LogP contribution in [-0.4, -0.2) is 26.2 Å². The molecule has 128 valence electrons. The van der Waals surface area contributed by atoms with Crippen molar-refractivity contribution in [1.29, 1.82) is 0 Å². The Hall–Kier alpha value is -2.49. The standard InChI is InChI=1S/C20H25NO3/c1-3-4-15-24-19-11-7-17(8-12-19)20(22)21-14-13-16-5-9-18(23-2)10-6-16/h5-12H,3-4,13-15H2,1-2H3,(H,21,22). The van der Waals surface area contributed by atoms with E-state index in [1.807, 2.05) is 36.4 Å². The van der Waals surface area contributed by atoms with E-state index in [1.54, 1.807) is 19.2 Å². The predicted molar refractivity (Wildman–Crippen MR) is 95.9 cm³/mol. The first-order valence-corrected chi connectivity index (χ1v) is 8.37. The average Bonchev–Trinajstić information content (AvgIpc) is 2.63. The lowest BCUT2D eigenvalue weighted by Crippen LogP contribution is -2.25. The zero-order valence-corrected chi connectivity index (χ0v) is 14.4. The lowest BCUT2D eigenvalue weighted by Gasteiger charge is -2.08. The number of ether oxygens (including phenoxy) is 2. The number of nitrogens with one attached hydrogen (secondary N) is 1. The molecular weight excluding hydrogens is 302 g/mol. The van der Waals surface area contributed by atoms with Crippen LogP contribution in [0.15, 0.2) is 48.5 Å². The van der Waals surface area contributed by atoms with E-state index in [9.17, 15) is 4.79 Å². The first-order valence-electron chi connectivity index (χ1n) is 8.37. The Morgan fingerprint density at radius 3 is 2.29 bits per heavy atom. The monoisotopic (exact) mass is 327 g/mol. The molecule has 1 amide bonds. The molecule has 24 heavy (non-hydrogen) atoms. The van der Waals surface area contributed by atoms with Crippen LogP contribution in [0.1, 0.15) is 35.7 Å². The van der Waals surface area contributed by atoms with Gasteiger partial charge in [-0.2, -0.15) is 0 Å². The minimum atomic E-state index is -0.0661. The van der Waals surface area contributed by atoms with Gasteiger partial charge in [0, 0.05) is 12.1 Å². The van der Waals surface area contributed by atoms with Gasteiger partial charge in [0.2, 0.25) is 0 Å². The molecule has 0 atom stereocenters. The Kier molecular flexibility index (Phi) is 7.15. The number of carbonyl (C=O) groups excluding carboxylic acids is 1. The molecule has 2 aromatic rings. The smallest absolute Gasteiger partial charge is 0.251 e. The molecule has 2 aromatic carbocycles. The normalized spacial score (nSPS) is 10.2. The van der Waals surface area contributed by atoms with Crippen LogP contribution in [0, 0.1) is 0 Å². The first-order chi connectivity index (χ1) is 11.7. The highest BCUT2D eigenvalue weighted by molar-refractivity contribution is 5.94.